The van der Waals surface area contributed by atoms with Crippen molar-refractivity contribution in [1.82, 2.24) is 9.76 Å². The lowest BCUT2D eigenvalue weighted by Crippen LogP contribution is -2.45. The number of alkyl halides is 2. The Morgan fingerprint density at radius 2 is 2.12 bits per heavy atom. The molecule has 1 aliphatic rings. The van der Waals surface area contributed by atoms with Crippen molar-refractivity contribution in [1.29, 1.82) is 0 Å². The molecule has 17 heavy (non-hydrogen) atoms. The van der Waals surface area contributed by atoms with Crippen LogP contribution in [-0.2, 0) is 9.26 Å². The highest BCUT2D eigenvalue weighted by Crippen LogP contribution is 2.57. The van der Waals surface area contributed by atoms with Crippen LogP contribution in [0.15, 0.2) is 0 Å². The van der Waals surface area contributed by atoms with Crippen molar-refractivity contribution in [3.63, 3.8) is 0 Å². The molecular formula is C9H20Cl2N2O3P+. The third-order valence-electron chi connectivity index (χ3n) is 2.40. The van der Waals surface area contributed by atoms with Crippen LogP contribution in [0.4, 0.5) is 0 Å². The van der Waals surface area contributed by atoms with Crippen LogP contribution in [0.5, 0.6) is 0 Å². The zero-order valence-corrected chi connectivity index (χ0v) is 12.3. The topological polar surface area (TPSA) is 54.0 Å². The summed E-state index contributed by atoms with van der Waals surface area (Å²) in [6.45, 7) is 4.06. The second-order valence-electron chi connectivity index (χ2n) is 3.57. The van der Waals surface area contributed by atoms with Crippen molar-refractivity contribution in [2.45, 2.75) is 19.6 Å². The number of hydrogen-bond acceptors (Lipinski definition) is 5. The Morgan fingerprint density at radius 3 is 2.65 bits per heavy atom. The standard InChI is InChI=1S/C9H20Cl2N2O3P/c1-2-15-9-3-8-16-17(14,12-9)13(6-4-10)7-5-11/h9,12,14H,2-8H2,1H3/q+1. The lowest BCUT2D eigenvalue weighted by molar-refractivity contribution is 0.0116. The molecule has 0 aromatic carbocycles. The lowest BCUT2D eigenvalue weighted by Gasteiger charge is -2.34. The van der Waals surface area contributed by atoms with E-state index in [2.05, 4.69) is 5.09 Å². The van der Waals surface area contributed by atoms with Crippen molar-refractivity contribution < 1.29 is 14.2 Å². The minimum absolute atomic E-state index is 0.166. The highest BCUT2D eigenvalue weighted by atomic mass is 35.5. The average Bonchev–Trinajstić information content (AvgIpc) is 2.29. The predicted molar refractivity (Wildman–Crippen MR) is 71.3 cm³/mol. The molecule has 102 valence electrons. The summed E-state index contributed by atoms with van der Waals surface area (Å²) in [6, 6.07) is 0. The largest absolute Gasteiger partial charge is 0.433 e. The summed E-state index contributed by atoms with van der Waals surface area (Å²) in [6.07, 6.45) is 0.561. The maximum atomic E-state index is 10.5. The van der Waals surface area contributed by atoms with Crippen LogP contribution < -0.4 is 5.09 Å². The van der Waals surface area contributed by atoms with Crippen molar-refractivity contribution in [2.75, 3.05) is 38.1 Å². The fourth-order valence-corrected chi connectivity index (χ4v) is 4.37. The summed E-state index contributed by atoms with van der Waals surface area (Å²) >= 11 is 11.4. The average molecular weight is 306 g/mol. The van der Waals surface area contributed by atoms with E-state index in [-0.39, 0.29) is 6.23 Å². The SMILES string of the molecule is CCOC1CCO[P+](O)(N(CCCl)CCCl)N1. The van der Waals surface area contributed by atoms with E-state index >= 15 is 0 Å². The second-order valence-corrected chi connectivity index (χ2v) is 6.50. The molecule has 0 bridgehead atoms. The van der Waals surface area contributed by atoms with E-state index in [1.807, 2.05) is 6.92 Å². The smallest absolute Gasteiger partial charge is 0.360 e. The maximum Gasteiger partial charge on any atom is 0.433 e. The van der Waals surface area contributed by atoms with Gasteiger partial charge in [-0.3, -0.25) is 0 Å². The van der Waals surface area contributed by atoms with E-state index in [1.54, 1.807) is 4.67 Å². The quantitative estimate of drug-likeness (QED) is 0.555. The molecule has 2 N–H and O–H groups in total. The van der Waals surface area contributed by atoms with E-state index in [1.165, 1.54) is 0 Å². The minimum Gasteiger partial charge on any atom is -0.360 e. The molecule has 5 nitrogen and oxygen atoms in total. The van der Waals surface area contributed by atoms with Gasteiger partial charge in [0.05, 0.1) is 13.1 Å². The molecule has 0 spiro atoms. The summed E-state index contributed by atoms with van der Waals surface area (Å²) in [5.74, 6) is 0.840. The van der Waals surface area contributed by atoms with E-state index in [0.717, 1.165) is 6.42 Å². The molecule has 1 heterocycles. The third kappa shape index (κ3) is 4.77. The Morgan fingerprint density at radius 1 is 1.47 bits per heavy atom. The van der Waals surface area contributed by atoms with Gasteiger partial charge in [0.2, 0.25) is 0 Å². The van der Waals surface area contributed by atoms with Crippen LogP contribution in [-0.4, -0.2) is 53.9 Å². The number of halogens is 2. The Balaban J connectivity index is 2.61. The van der Waals surface area contributed by atoms with Crippen LogP contribution >= 0.6 is 31.2 Å². The molecule has 1 saturated heterocycles. The first-order valence-corrected chi connectivity index (χ1v) is 8.37. The van der Waals surface area contributed by atoms with Crippen LogP contribution in [0.3, 0.4) is 0 Å². The molecule has 0 aliphatic carbocycles. The fourth-order valence-electron chi connectivity index (χ4n) is 1.64. The van der Waals surface area contributed by atoms with Crippen LogP contribution in [0, 0.1) is 0 Å². The van der Waals surface area contributed by atoms with Crippen molar-refractivity contribution in [2.24, 2.45) is 0 Å². The van der Waals surface area contributed by atoms with E-state index < -0.39 is 8.02 Å². The summed E-state index contributed by atoms with van der Waals surface area (Å²) < 4.78 is 12.7. The number of ether oxygens (including phenoxy) is 1. The van der Waals surface area contributed by atoms with Gasteiger partial charge in [-0.25, -0.2) is 0 Å². The van der Waals surface area contributed by atoms with Crippen LogP contribution in [0.25, 0.3) is 0 Å². The van der Waals surface area contributed by atoms with Gasteiger partial charge >= 0.3 is 8.02 Å². The highest BCUT2D eigenvalue weighted by molar-refractivity contribution is 7.61. The first-order chi connectivity index (χ1) is 8.16. The summed E-state index contributed by atoms with van der Waals surface area (Å²) in [5, 5.41) is 3.03. The van der Waals surface area contributed by atoms with Gasteiger partial charge in [0, 0.05) is 24.8 Å². The zero-order chi connectivity index (χ0) is 12.7. The minimum atomic E-state index is -2.80. The molecule has 1 aliphatic heterocycles. The third-order valence-corrected chi connectivity index (χ3v) is 5.07. The summed E-state index contributed by atoms with van der Waals surface area (Å²) in [4.78, 5) is 10.5. The molecule has 0 aromatic rings. The van der Waals surface area contributed by atoms with E-state index in [9.17, 15) is 4.89 Å². The normalized spacial score (nSPS) is 29.8. The predicted octanol–water partition coefficient (Wildman–Crippen LogP) is 1.81. The molecular weight excluding hydrogens is 286 g/mol. The monoisotopic (exact) mass is 305 g/mol. The molecule has 1 rings (SSSR count). The molecule has 2 unspecified atom stereocenters. The van der Waals surface area contributed by atoms with Gasteiger partial charge in [0.15, 0.2) is 0 Å². The Bertz CT molecular complexity index is 220. The number of nitrogens with zero attached hydrogens (tertiary/aromatic N) is 1. The molecule has 0 saturated carbocycles. The molecule has 0 radical (unpaired) electrons. The van der Waals surface area contributed by atoms with Gasteiger partial charge in [-0.2, -0.15) is 9.42 Å². The fraction of sp³-hybridized carbons (Fsp3) is 1.00. The van der Waals surface area contributed by atoms with Crippen molar-refractivity contribution in [3.05, 3.63) is 0 Å². The van der Waals surface area contributed by atoms with E-state index in [4.69, 9.17) is 32.5 Å². The maximum absolute atomic E-state index is 10.5. The zero-order valence-electron chi connectivity index (χ0n) is 9.94. The summed E-state index contributed by atoms with van der Waals surface area (Å²) in [7, 11) is -2.80. The Labute approximate surface area is 113 Å². The Hall–Kier alpha value is 0.810. The van der Waals surface area contributed by atoms with Gasteiger partial charge in [-0.1, -0.05) is 5.09 Å². The van der Waals surface area contributed by atoms with Gasteiger partial charge in [0.25, 0.3) is 0 Å². The Kier molecular flexibility index (Phi) is 7.54. The second kappa shape index (κ2) is 8.08. The van der Waals surface area contributed by atoms with Crippen molar-refractivity contribution in [3.8, 4) is 0 Å². The van der Waals surface area contributed by atoms with E-state index in [0.29, 0.717) is 38.1 Å². The molecule has 2 atom stereocenters. The number of rotatable bonds is 7. The van der Waals surface area contributed by atoms with Crippen molar-refractivity contribution >= 4 is 31.2 Å². The lowest BCUT2D eigenvalue weighted by atomic mass is 10.4. The summed E-state index contributed by atoms with van der Waals surface area (Å²) in [5.41, 5.74) is 0. The molecule has 0 aromatic heterocycles. The van der Waals surface area contributed by atoms with Gasteiger partial charge in [0.1, 0.15) is 12.8 Å². The highest BCUT2D eigenvalue weighted by Gasteiger charge is 2.51. The molecule has 0 amide bonds. The molecule has 8 heteroatoms. The molecule has 1 fully saturated rings. The van der Waals surface area contributed by atoms with Gasteiger partial charge < -0.3 is 4.74 Å². The van der Waals surface area contributed by atoms with Crippen LogP contribution in [0.1, 0.15) is 13.3 Å². The first-order valence-electron chi connectivity index (χ1n) is 5.69. The first kappa shape index (κ1) is 15.9. The number of hydrogen-bond donors (Lipinski definition) is 2. The number of nitrogens with one attached hydrogen (secondary N) is 1. The van der Waals surface area contributed by atoms with Gasteiger partial charge in [-0.05, 0) is 6.92 Å². The van der Waals surface area contributed by atoms with Gasteiger partial charge in [-0.15, -0.1) is 27.9 Å². The van der Waals surface area contributed by atoms with Crippen LogP contribution in [0.2, 0.25) is 0 Å².